The largest absolute Gasteiger partial charge is 0.385 e. The van der Waals surface area contributed by atoms with Gasteiger partial charge in [0.1, 0.15) is 5.82 Å². The van der Waals surface area contributed by atoms with Crippen molar-refractivity contribution in [2.75, 3.05) is 25.6 Å². The van der Waals surface area contributed by atoms with E-state index in [1.54, 1.807) is 7.11 Å². The van der Waals surface area contributed by atoms with E-state index in [0.29, 0.717) is 19.2 Å². The van der Waals surface area contributed by atoms with E-state index in [9.17, 15) is 13.2 Å². The summed E-state index contributed by atoms with van der Waals surface area (Å²) >= 11 is 0. The maximum Gasteiger partial charge on any atom is 0.161 e. The maximum absolute atomic E-state index is 13.1. The van der Waals surface area contributed by atoms with E-state index in [-0.39, 0.29) is 5.69 Å². The molecule has 0 aliphatic carbocycles. The minimum absolute atomic E-state index is 0.0173. The molecule has 0 atom stereocenters. The molecule has 1 aromatic rings. The molecule has 1 aromatic carbocycles. The summed E-state index contributed by atoms with van der Waals surface area (Å²) in [6.07, 6.45) is 1.60. The van der Waals surface area contributed by atoms with Crippen LogP contribution < -0.4 is 5.32 Å². The first-order chi connectivity index (χ1) is 7.65. The molecule has 0 amide bonds. The van der Waals surface area contributed by atoms with Crippen LogP contribution in [-0.4, -0.2) is 20.3 Å². The smallest absolute Gasteiger partial charge is 0.161 e. The first kappa shape index (κ1) is 12.8. The quantitative estimate of drug-likeness (QED) is 0.602. The van der Waals surface area contributed by atoms with Crippen molar-refractivity contribution < 1.29 is 17.9 Å². The van der Waals surface area contributed by atoms with E-state index in [0.717, 1.165) is 18.9 Å². The van der Waals surface area contributed by atoms with Crippen molar-refractivity contribution in [2.24, 2.45) is 0 Å². The van der Waals surface area contributed by atoms with Gasteiger partial charge in [0.05, 0.1) is 5.69 Å². The average Bonchev–Trinajstić information content (AvgIpc) is 2.25. The van der Waals surface area contributed by atoms with Crippen LogP contribution in [0.25, 0.3) is 0 Å². The molecule has 0 radical (unpaired) electrons. The van der Waals surface area contributed by atoms with E-state index < -0.39 is 17.5 Å². The van der Waals surface area contributed by atoms with Crippen molar-refractivity contribution in [2.45, 2.75) is 12.8 Å². The summed E-state index contributed by atoms with van der Waals surface area (Å²) in [4.78, 5) is 0. The van der Waals surface area contributed by atoms with Gasteiger partial charge in [0, 0.05) is 32.4 Å². The van der Waals surface area contributed by atoms with E-state index in [1.165, 1.54) is 0 Å². The van der Waals surface area contributed by atoms with Gasteiger partial charge in [-0.1, -0.05) is 0 Å². The zero-order valence-corrected chi connectivity index (χ0v) is 9.03. The van der Waals surface area contributed by atoms with Crippen LogP contribution >= 0.6 is 0 Å². The molecule has 0 aliphatic heterocycles. The molecule has 0 unspecified atom stereocenters. The minimum atomic E-state index is -1.18. The highest BCUT2D eigenvalue weighted by molar-refractivity contribution is 5.45. The van der Waals surface area contributed by atoms with Crippen molar-refractivity contribution in [1.29, 1.82) is 0 Å². The standard InChI is InChI=1S/C11H14F3NO/c1-16-5-3-2-4-15-11-7-9(13)8(12)6-10(11)14/h6-7,15H,2-5H2,1H3. The summed E-state index contributed by atoms with van der Waals surface area (Å²) in [5.74, 6) is -3.02. The van der Waals surface area contributed by atoms with Crippen molar-refractivity contribution in [3.63, 3.8) is 0 Å². The van der Waals surface area contributed by atoms with Crippen LogP contribution in [0.5, 0.6) is 0 Å². The average molecular weight is 233 g/mol. The Morgan fingerprint density at radius 1 is 1.06 bits per heavy atom. The van der Waals surface area contributed by atoms with Gasteiger partial charge < -0.3 is 10.1 Å². The van der Waals surface area contributed by atoms with Crippen LogP contribution in [0.4, 0.5) is 18.9 Å². The van der Waals surface area contributed by atoms with E-state index in [1.807, 2.05) is 0 Å². The van der Waals surface area contributed by atoms with Crippen molar-refractivity contribution >= 4 is 5.69 Å². The molecule has 0 fully saturated rings. The number of ether oxygens (including phenoxy) is 1. The molecule has 0 saturated carbocycles. The molecule has 1 rings (SSSR count). The molecule has 0 saturated heterocycles. The summed E-state index contributed by atoms with van der Waals surface area (Å²) in [6.45, 7) is 1.12. The summed E-state index contributed by atoms with van der Waals surface area (Å²) in [5.41, 5.74) is -0.0173. The predicted octanol–water partition coefficient (Wildman–Crippen LogP) is 2.94. The van der Waals surface area contributed by atoms with Gasteiger partial charge in [-0.3, -0.25) is 0 Å². The third kappa shape index (κ3) is 3.73. The lowest BCUT2D eigenvalue weighted by atomic mass is 10.2. The normalized spacial score (nSPS) is 10.5. The number of hydrogen-bond acceptors (Lipinski definition) is 2. The highest BCUT2D eigenvalue weighted by atomic mass is 19.2. The van der Waals surface area contributed by atoms with Crippen LogP contribution in [0.3, 0.4) is 0 Å². The van der Waals surface area contributed by atoms with Crippen molar-refractivity contribution in [1.82, 2.24) is 0 Å². The Labute approximate surface area is 92.4 Å². The molecule has 16 heavy (non-hydrogen) atoms. The van der Waals surface area contributed by atoms with E-state index in [4.69, 9.17) is 4.74 Å². The molecular weight excluding hydrogens is 219 g/mol. The molecule has 2 nitrogen and oxygen atoms in total. The number of benzene rings is 1. The third-order valence-corrected chi connectivity index (χ3v) is 2.10. The Balaban J connectivity index is 2.45. The summed E-state index contributed by atoms with van der Waals surface area (Å²) in [7, 11) is 1.60. The van der Waals surface area contributed by atoms with Gasteiger partial charge in [0.2, 0.25) is 0 Å². The van der Waals surface area contributed by atoms with Gasteiger partial charge in [-0.25, -0.2) is 13.2 Å². The fourth-order valence-electron chi connectivity index (χ4n) is 1.25. The second-order valence-electron chi connectivity index (χ2n) is 3.37. The Kier molecular flexibility index (Phi) is 5.11. The second kappa shape index (κ2) is 6.37. The minimum Gasteiger partial charge on any atom is -0.385 e. The maximum atomic E-state index is 13.1. The predicted molar refractivity (Wildman–Crippen MR) is 55.9 cm³/mol. The van der Waals surface area contributed by atoms with Gasteiger partial charge in [-0.2, -0.15) is 0 Å². The molecule has 5 heteroatoms. The molecule has 90 valence electrons. The Morgan fingerprint density at radius 2 is 1.75 bits per heavy atom. The van der Waals surface area contributed by atoms with Crippen molar-refractivity contribution in [3.8, 4) is 0 Å². The molecular formula is C11H14F3NO. The number of anilines is 1. The molecule has 1 N–H and O–H groups in total. The second-order valence-corrected chi connectivity index (χ2v) is 3.37. The zero-order chi connectivity index (χ0) is 12.0. The zero-order valence-electron chi connectivity index (χ0n) is 9.03. The highest BCUT2D eigenvalue weighted by Crippen LogP contribution is 2.18. The Bertz CT molecular complexity index is 344. The van der Waals surface area contributed by atoms with Crippen molar-refractivity contribution in [3.05, 3.63) is 29.6 Å². The lowest BCUT2D eigenvalue weighted by Crippen LogP contribution is -2.05. The first-order valence-electron chi connectivity index (χ1n) is 5.02. The van der Waals surface area contributed by atoms with Crippen LogP contribution in [0.15, 0.2) is 12.1 Å². The third-order valence-electron chi connectivity index (χ3n) is 2.10. The number of rotatable bonds is 6. The summed E-state index contributed by atoms with van der Waals surface area (Å²) < 4.78 is 43.3. The Hall–Kier alpha value is -1.23. The monoisotopic (exact) mass is 233 g/mol. The summed E-state index contributed by atoms with van der Waals surface area (Å²) in [6, 6.07) is 1.35. The van der Waals surface area contributed by atoms with Crippen LogP contribution in [0.2, 0.25) is 0 Å². The van der Waals surface area contributed by atoms with Gasteiger partial charge >= 0.3 is 0 Å². The van der Waals surface area contributed by atoms with Gasteiger partial charge in [0.25, 0.3) is 0 Å². The first-order valence-corrected chi connectivity index (χ1v) is 5.02. The van der Waals surface area contributed by atoms with Crippen LogP contribution in [0.1, 0.15) is 12.8 Å². The number of methoxy groups -OCH3 is 1. The van der Waals surface area contributed by atoms with Crippen LogP contribution in [0, 0.1) is 17.5 Å². The van der Waals surface area contributed by atoms with E-state index in [2.05, 4.69) is 5.32 Å². The number of nitrogens with one attached hydrogen (secondary N) is 1. The SMILES string of the molecule is COCCCCNc1cc(F)c(F)cc1F. The number of unbranched alkanes of at least 4 members (excludes halogenated alkanes) is 1. The summed E-state index contributed by atoms with van der Waals surface area (Å²) in [5, 5.41) is 2.70. The lowest BCUT2D eigenvalue weighted by molar-refractivity contribution is 0.194. The molecule has 0 aromatic heterocycles. The van der Waals surface area contributed by atoms with Gasteiger partial charge in [0.15, 0.2) is 11.6 Å². The number of hydrogen-bond donors (Lipinski definition) is 1. The number of halogens is 3. The van der Waals surface area contributed by atoms with Crippen LogP contribution in [-0.2, 0) is 4.74 Å². The van der Waals surface area contributed by atoms with E-state index >= 15 is 0 Å². The van der Waals surface area contributed by atoms with Gasteiger partial charge in [-0.05, 0) is 12.8 Å². The Morgan fingerprint density at radius 3 is 2.44 bits per heavy atom. The fourth-order valence-corrected chi connectivity index (χ4v) is 1.25. The molecule has 0 aliphatic rings. The molecule has 0 spiro atoms. The van der Waals surface area contributed by atoms with Gasteiger partial charge in [-0.15, -0.1) is 0 Å². The topological polar surface area (TPSA) is 21.3 Å². The molecule has 0 bridgehead atoms. The highest BCUT2D eigenvalue weighted by Gasteiger charge is 2.08. The molecule has 0 heterocycles. The lowest BCUT2D eigenvalue weighted by Gasteiger charge is -2.07. The fraction of sp³-hybridized carbons (Fsp3) is 0.455.